The third kappa shape index (κ3) is 3.75. The van der Waals surface area contributed by atoms with Crippen LogP contribution in [0.25, 0.3) is 0 Å². The fraction of sp³-hybridized carbons (Fsp3) is 0.706. The summed E-state index contributed by atoms with van der Waals surface area (Å²) in [6, 6.07) is 1.84. The zero-order valence-electron chi connectivity index (χ0n) is 15.1. The van der Waals surface area contributed by atoms with E-state index in [1.165, 1.54) is 0 Å². The topological polar surface area (TPSA) is 65.9 Å². The van der Waals surface area contributed by atoms with Crippen LogP contribution in [0.2, 0.25) is 0 Å². The molecule has 0 aliphatic carbocycles. The normalized spacial score (nSPS) is 21.3. The van der Waals surface area contributed by atoms with Crippen LogP contribution in [0.1, 0.15) is 41.7 Å². The zero-order valence-corrected chi connectivity index (χ0v) is 16.0. The Morgan fingerprint density at radius 1 is 0.920 bits per heavy atom. The van der Waals surface area contributed by atoms with Gasteiger partial charge in [-0.15, -0.1) is 0 Å². The van der Waals surface area contributed by atoms with Gasteiger partial charge in [-0.3, -0.25) is 4.79 Å². The van der Waals surface area contributed by atoms with Crippen LogP contribution in [0.4, 0.5) is 0 Å². The van der Waals surface area contributed by atoms with E-state index < -0.39 is 10.2 Å². The number of hydrogen-bond donors (Lipinski definition) is 0. The largest absolute Gasteiger partial charge is 0.354 e. The number of rotatable bonds is 3. The molecule has 0 N–H and O–H groups in total. The van der Waals surface area contributed by atoms with E-state index in [2.05, 4.69) is 0 Å². The van der Waals surface area contributed by atoms with Crippen molar-refractivity contribution in [3.63, 3.8) is 0 Å². The number of amides is 1. The Bertz CT molecular complexity index is 722. The maximum atomic E-state index is 12.8. The van der Waals surface area contributed by atoms with Crippen molar-refractivity contribution in [2.75, 3.05) is 39.3 Å². The zero-order chi connectivity index (χ0) is 18.0. The van der Waals surface area contributed by atoms with Crippen LogP contribution in [0.5, 0.6) is 0 Å². The molecule has 3 heterocycles. The van der Waals surface area contributed by atoms with Gasteiger partial charge in [-0.25, -0.2) is 0 Å². The summed E-state index contributed by atoms with van der Waals surface area (Å²) in [5, 5.41) is 0. The molecule has 0 atom stereocenters. The van der Waals surface area contributed by atoms with Crippen LogP contribution < -0.4 is 0 Å². The second-order valence-electron chi connectivity index (χ2n) is 6.94. The minimum Gasteiger partial charge on any atom is -0.354 e. The molecule has 8 heteroatoms. The highest BCUT2D eigenvalue weighted by Gasteiger charge is 2.32. The van der Waals surface area contributed by atoms with Crippen LogP contribution in [0.15, 0.2) is 12.3 Å². The first-order valence-corrected chi connectivity index (χ1v) is 10.5. The van der Waals surface area contributed by atoms with Crippen molar-refractivity contribution in [1.82, 2.24) is 18.1 Å². The van der Waals surface area contributed by atoms with Gasteiger partial charge in [0.15, 0.2) is 0 Å². The Morgan fingerprint density at radius 2 is 1.56 bits per heavy atom. The van der Waals surface area contributed by atoms with Crippen molar-refractivity contribution in [3.8, 4) is 0 Å². The van der Waals surface area contributed by atoms with Crippen LogP contribution >= 0.6 is 0 Å². The molecule has 25 heavy (non-hydrogen) atoms. The summed E-state index contributed by atoms with van der Waals surface area (Å²) >= 11 is 0. The summed E-state index contributed by atoms with van der Waals surface area (Å²) in [5.74, 6) is -0.00433. The maximum absolute atomic E-state index is 12.8. The van der Waals surface area contributed by atoms with Gasteiger partial charge in [-0.05, 0) is 32.3 Å². The molecule has 1 aromatic rings. The molecular formula is C17H28N4O3S. The lowest BCUT2D eigenvalue weighted by molar-refractivity contribution is 0.0763. The van der Waals surface area contributed by atoms with Crippen molar-refractivity contribution >= 4 is 16.1 Å². The third-order valence-electron chi connectivity index (χ3n) is 5.32. The molecule has 2 aliphatic heterocycles. The van der Waals surface area contributed by atoms with E-state index in [-0.39, 0.29) is 5.91 Å². The quantitative estimate of drug-likeness (QED) is 0.806. The SMILES string of the molecule is Cc1c(C(=O)N2CCCN(S(=O)(=O)N3CCCCC3)CC2)ccn1C. The number of carbonyl (C=O) groups is 1. The number of aryl methyl sites for hydroxylation is 1. The van der Waals surface area contributed by atoms with Crippen LogP contribution in [-0.4, -0.2) is 71.7 Å². The summed E-state index contributed by atoms with van der Waals surface area (Å²) in [6.07, 6.45) is 5.53. The van der Waals surface area contributed by atoms with E-state index in [1.807, 2.05) is 30.8 Å². The molecule has 2 saturated heterocycles. The van der Waals surface area contributed by atoms with Crippen LogP contribution in [0.3, 0.4) is 0 Å². The Morgan fingerprint density at radius 3 is 2.20 bits per heavy atom. The van der Waals surface area contributed by atoms with Gasteiger partial charge in [0.2, 0.25) is 0 Å². The minimum absolute atomic E-state index is 0.00433. The first-order chi connectivity index (χ1) is 11.9. The Balaban J connectivity index is 1.68. The summed E-state index contributed by atoms with van der Waals surface area (Å²) in [5.41, 5.74) is 1.64. The fourth-order valence-electron chi connectivity index (χ4n) is 3.59. The van der Waals surface area contributed by atoms with Gasteiger partial charge < -0.3 is 9.47 Å². The first-order valence-electron chi connectivity index (χ1n) is 9.07. The number of piperidine rings is 1. The molecule has 2 aliphatic rings. The maximum Gasteiger partial charge on any atom is 0.282 e. The van der Waals surface area contributed by atoms with E-state index in [0.717, 1.165) is 25.0 Å². The molecule has 1 amide bonds. The molecule has 7 nitrogen and oxygen atoms in total. The summed E-state index contributed by atoms with van der Waals surface area (Å²) < 4.78 is 30.8. The average molecular weight is 369 g/mol. The average Bonchev–Trinajstić information content (AvgIpc) is 2.82. The van der Waals surface area contributed by atoms with Crippen LogP contribution in [0, 0.1) is 6.92 Å². The molecular weight excluding hydrogens is 340 g/mol. The molecule has 0 unspecified atom stereocenters. The smallest absolute Gasteiger partial charge is 0.282 e. The number of hydrogen-bond acceptors (Lipinski definition) is 3. The second-order valence-corrected chi connectivity index (χ2v) is 8.87. The predicted molar refractivity (Wildman–Crippen MR) is 96.6 cm³/mol. The van der Waals surface area contributed by atoms with Gasteiger partial charge in [0.05, 0.1) is 5.56 Å². The van der Waals surface area contributed by atoms with Gasteiger partial charge in [-0.2, -0.15) is 17.0 Å². The molecule has 0 spiro atoms. The van der Waals surface area contributed by atoms with E-state index in [0.29, 0.717) is 51.3 Å². The van der Waals surface area contributed by atoms with Crippen LogP contribution in [-0.2, 0) is 17.3 Å². The Kier molecular flexibility index (Phi) is 5.50. The highest BCUT2D eigenvalue weighted by molar-refractivity contribution is 7.86. The van der Waals surface area contributed by atoms with Crippen molar-refractivity contribution < 1.29 is 13.2 Å². The van der Waals surface area contributed by atoms with Gasteiger partial charge in [0.1, 0.15) is 0 Å². The lowest BCUT2D eigenvalue weighted by Crippen LogP contribution is -2.47. The number of carbonyl (C=O) groups excluding carboxylic acids is 1. The van der Waals surface area contributed by atoms with E-state index in [4.69, 9.17) is 0 Å². The molecule has 0 saturated carbocycles. The Labute approximate surface area is 150 Å². The summed E-state index contributed by atoms with van der Waals surface area (Å²) in [7, 11) is -1.48. The van der Waals surface area contributed by atoms with E-state index in [1.54, 1.807) is 13.5 Å². The van der Waals surface area contributed by atoms with E-state index in [9.17, 15) is 13.2 Å². The van der Waals surface area contributed by atoms with Crippen molar-refractivity contribution in [2.24, 2.45) is 7.05 Å². The van der Waals surface area contributed by atoms with Gasteiger partial charge >= 0.3 is 0 Å². The standard InChI is InChI=1S/C17H28N4O3S/c1-15-16(7-12-18(15)2)17(22)19-8-6-11-21(14-13-19)25(23,24)20-9-4-3-5-10-20/h7,12H,3-6,8-11,13-14H2,1-2H3. The summed E-state index contributed by atoms with van der Waals surface area (Å²) in [6.45, 7) is 5.06. The van der Waals surface area contributed by atoms with Crippen molar-refractivity contribution in [3.05, 3.63) is 23.5 Å². The number of nitrogens with zero attached hydrogens (tertiary/aromatic N) is 4. The third-order valence-corrected chi connectivity index (χ3v) is 7.36. The Hall–Kier alpha value is -1.38. The highest BCUT2D eigenvalue weighted by Crippen LogP contribution is 2.19. The highest BCUT2D eigenvalue weighted by atomic mass is 32.2. The van der Waals surface area contributed by atoms with Gasteiger partial charge in [0.25, 0.3) is 16.1 Å². The molecule has 3 rings (SSSR count). The van der Waals surface area contributed by atoms with Gasteiger partial charge in [-0.1, -0.05) is 6.42 Å². The van der Waals surface area contributed by atoms with Crippen molar-refractivity contribution in [2.45, 2.75) is 32.6 Å². The predicted octanol–water partition coefficient (Wildman–Crippen LogP) is 1.21. The van der Waals surface area contributed by atoms with Gasteiger partial charge in [0, 0.05) is 58.2 Å². The molecule has 1 aromatic heterocycles. The first kappa shape index (κ1) is 18.4. The molecule has 140 valence electrons. The summed E-state index contributed by atoms with van der Waals surface area (Å²) in [4.78, 5) is 14.6. The molecule has 0 bridgehead atoms. The van der Waals surface area contributed by atoms with Crippen molar-refractivity contribution in [1.29, 1.82) is 0 Å². The number of aromatic nitrogens is 1. The minimum atomic E-state index is -3.40. The molecule has 2 fully saturated rings. The fourth-order valence-corrected chi connectivity index (χ4v) is 5.31. The lowest BCUT2D eigenvalue weighted by Gasteiger charge is -2.31. The lowest BCUT2D eigenvalue weighted by atomic mass is 10.2. The second kappa shape index (κ2) is 7.47. The monoisotopic (exact) mass is 368 g/mol. The van der Waals surface area contributed by atoms with E-state index >= 15 is 0 Å². The molecule has 0 radical (unpaired) electrons. The molecule has 0 aromatic carbocycles.